The van der Waals surface area contributed by atoms with Gasteiger partial charge in [-0.15, -0.1) is 10.2 Å². The van der Waals surface area contributed by atoms with E-state index in [4.69, 9.17) is 0 Å². The quantitative estimate of drug-likeness (QED) is 0.772. The van der Waals surface area contributed by atoms with Crippen LogP contribution in [0.2, 0.25) is 0 Å². The van der Waals surface area contributed by atoms with Crippen molar-refractivity contribution in [3.05, 3.63) is 48.2 Å². The number of aromatic nitrogens is 5. The normalized spacial score (nSPS) is 13.3. The molecule has 1 N–H and O–H groups in total. The molecular formula is C17H13N7O. The van der Waals surface area contributed by atoms with Crippen LogP contribution in [0.3, 0.4) is 0 Å². The van der Waals surface area contributed by atoms with E-state index in [1.54, 1.807) is 0 Å². The van der Waals surface area contributed by atoms with E-state index < -0.39 is 6.03 Å². The minimum atomic E-state index is -0.429. The van der Waals surface area contributed by atoms with Gasteiger partial charge in [0.1, 0.15) is 0 Å². The van der Waals surface area contributed by atoms with Gasteiger partial charge in [0, 0.05) is 17.3 Å². The van der Waals surface area contributed by atoms with E-state index >= 15 is 0 Å². The molecule has 0 saturated carbocycles. The van der Waals surface area contributed by atoms with Crippen LogP contribution in [0.15, 0.2) is 52.6 Å². The van der Waals surface area contributed by atoms with Crippen molar-refractivity contribution in [2.45, 2.75) is 12.8 Å². The third-order valence-electron chi connectivity index (χ3n) is 3.85. The summed E-state index contributed by atoms with van der Waals surface area (Å²) in [7, 11) is 0. The predicted molar refractivity (Wildman–Crippen MR) is 92.5 cm³/mol. The Kier molecular flexibility index (Phi) is 3.91. The Hall–Kier alpha value is -3.55. The molecule has 8 nitrogen and oxygen atoms in total. The van der Waals surface area contributed by atoms with Crippen LogP contribution in [0.1, 0.15) is 12.0 Å². The number of carbonyl (C=O) groups excluding carboxylic acids is 1. The summed E-state index contributed by atoms with van der Waals surface area (Å²) in [4.78, 5) is 23.0. The Morgan fingerprint density at radius 1 is 1.00 bits per heavy atom. The number of pyridine rings is 1. The monoisotopic (exact) mass is 331 g/mol. The van der Waals surface area contributed by atoms with E-state index in [1.165, 1.54) is 6.21 Å². The Bertz CT molecular complexity index is 959. The third kappa shape index (κ3) is 3.23. The van der Waals surface area contributed by atoms with Gasteiger partial charge in [0.25, 0.3) is 0 Å². The van der Waals surface area contributed by atoms with Gasteiger partial charge in [-0.3, -0.25) is 4.98 Å². The second-order valence-corrected chi connectivity index (χ2v) is 5.48. The molecule has 0 spiro atoms. The van der Waals surface area contributed by atoms with Crippen LogP contribution >= 0.6 is 0 Å². The topological polar surface area (TPSA) is 109 Å². The zero-order valence-electron chi connectivity index (χ0n) is 13.1. The van der Waals surface area contributed by atoms with Gasteiger partial charge >= 0.3 is 6.03 Å². The van der Waals surface area contributed by atoms with E-state index in [0.717, 1.165) is 28.8 Å². The van der Waals surface area contributed by atoms with Crippen molar-refractivity contribution in [1.29, 1.82) is 0 Å². The van der Waals surface area contributed by atoms with Gasteiger partial charge in [0.2, 0.25) is 5.82 Å². The number of tetrazole rings is 1. The lowest BCUT2D eigenvalue weighted by molar-refractivity contribution is 0.257. The van der Waals surface area contributed by atoms with Crippen LogP contribution < -0.4 is 0 Å². The van der Waals surface area contributed by atoms with Gasteiger partial charge in [-0.05, 0) is 29.7 Å². The lowest BCUT2D eigenvalue weighted by Crippen LogP contribution is -2.00. The minimum absolute atomic E-state index is 0.429. The fourth-order valence-corrected chi connectivity index (χ4v) is 2.61. The molecule has 4 rings (SSSR count). The molecule has 2 aromatic heterocycles. The maximum Gasteiger partial charge on any atom is 0.367 e. The summed E-state index contributed by atoms with van der Waals surface area (Å²) < 4.78 is 0. The van der Waals surface area contributed by atoms with Gasteiger partial charge in [0.05, 0.1) is 17.6 Å². The third-order valence-corrected chi connectivity index (χ3v) is 3.85. The highest BCUT2D eigenvalue weighted by molar-refractivity contribution is 6.37. The van der Waals surface area contributed by atoms with Crippen molar-refractivity contribution in [2.24, 2.45) is 9.98 Å². The first-order chi connectivity index (χ1) is 12.3. The van der Waals surface area contributed by atoms with Crippen LogP contribution in [0, 0.1) is 0 Å². The lowest BCUT2D eigenvalue weighted by atomic mass is 10.0. The molecule has 3 aromatic rings. The zero-order valence-corrected chi connectivity index (χ0v) is 13.1. The van der Waals surface area contributed by atoms with Gasteiger partial charge in [-0.1, -0.05) is 30.3 Å². The summed E-state index contributed by atoms with van der Waals surface area (Å²) in [5.41, 5.74) is 4.41. The molecule has 0 saturated heterocycles. The lowest BCUT2D eigenvalue weighted by Gasteiger charge is -2.07. The van der Waals surface area contributed by atoms with Gasteiger partial charge in [0.15, 0.2) is 0 Å². The number of urea groups is 1. The van der Waals surface area contributed by atoms with Gasteiger partial charge in [-0.2, -0.15) is 15.2 Å². The van der Waals surface area contributed by atoms with E-state index in [2.05, 4.69) is 35.6 Å². The summed E-state index contributed by atoms with van der Waals surface area (Å²) in [6.45, 7) is 0. The van der Waals surface area contributed by atoms with Gasteiger partial charge in [-0.25, -0.2) is 4.79 Å². The highest BCUT2D eigenvalue weighted by Gasteiger charge is 2.12. The molecule has 0 atom stereocenters. The summed E-state index contributed by atoms with van der Waals surface area (Å²) in [5.74, 6) is 0.532. The second kappa shape index (κ2) is 6.52. The molecule has 1 aliphatic heterocycles. The van der Waals surface area contributed by atoms with Crippen molar-refractivity contribution in [3.8, 4) is 22.6 Å². The fourth-order valence-electron chi connectivity index (χ4n) is 2.61. The molecule has 1 aromatic carbocycles. The Labute approximate surface area is 142 Å². The first-order valence-electron chi connectivity index (χ1n) is 7.73. The van der Waals surface area contributed by atoms with Crippen molar-refractivity contribution in [2.75, 3.05) is 0 Å². The summed E-state index contributed by atoms with van der Waals surface area (Å²) >= 11 is 0. The number of hydrogen-bond donors (Lipinski definition) is 1. The molecule has 3 heterocycles. The highest BCUT2D eigenvalue weighted by atomic mass is 16.2. The molecule has 8 heteroatoms. The number of aromatic amines is 1. The maximum absolute atomic E-state index is 11.0. The number of H-pyrrole nitrogens is 1. The Balaban J connectivity index is 1.54. The summed E-state index contributed by atoms with van der Waals surface area (Å²) in [6.07, 6.45) is 4.76. The number of nitrogens with zero attached hydrogens (tertiary/aromatic N) is 6. The molecule has 122 valence electrons. The standard InChI is InChI=1S/C17H13N7O/c25-17-19-10-12(20-17)7-5-11-6-8-15(18-9-11)13-3-1-2-4-14(13)16-21-23-24-22-16/h1-4,6,8-10H,5,7H2,(H,21,22,23,24). The molecule has 1 aliphatic rings. The average molecular weight is 331 g/mol. The van der Waals surface area contributed by atoms with Crippen molar-refractivity contribution in [3.63, 3.8) is 0 Å². The summed E-state index contributed by atoms with van der Waals surface area (Å²) in [5, 5.41) is 14.2. The van der Waals surface area contributed by atoms with E-state index in [0.29, 0.717) is 18.0 Å². The van der Waals surface area contributed by atoms with Crippen LogP contribution in [-0.2, 0) is 6.42 Å². The number of nitrogens with one attached hydrogen (secondary N) is 1. The molecule has 0 fully saturated rings. The van der Waals surface area contributed by atoms with E-state index in [9.17, 15) is 4.79 Å². The molecule has 25 heavy (non-hydrogen) atoms. The van der Waals surface area contributed by atoms with E-state index in [1.807, 2.05) is 42.6 Å². The molecule has 2 amide bonds. The summed E-state index contributed by atoms with van der Waals surface area (Å²) in [6, 6.07) is 11.3. The second-order valence-electron chi connectivity index (χ2n) is 5.48. The maximum atomic E-state index is 11.0. The van der Waals surface area contributed by atoms with Crippen LogP contribution in [0.25, 0.3) is 22.6 Å². The van der Waals surface area contributed by atoms with Crippen molar-refractivity contribution >= 4 is 18.0 Å². The first kappa shape index (κ1) is 15.0. The highest BCUT2D eigenvalue weighted by Crippen LogP contribution is 2.28. The number of aryl methyl sites for hydroxylation is 1. The number of rotatable bonds is 5. The number of amides is 2. The molecule has 0 bridgehead atoms. The van der Waals surface area contributed by atoms with Crippen LogP contribution in [0.4, 0.5) is 4.79 Å². The Morgan fingerprint density at radius 3 is 2.56 bits per heavy atom. The van der Waals surface area contributed by atoms with Crippen molar-refractivity contribution < 1.29 is 4.79 Å². The Morgan fingerprint density at radius 2 is 1.88 bits per heavy atom. The fraction of sp³-hybridized carbons (Fsp3) is 0.118. The molecule has 0 aliphatic carbocycles. The number of benzene rings is 1. The molecular weight excluding hydrogens is 318 g/mol. The van der Waals surface area contributed by atoms with Crippen LogP contribution in [0.5, 0.6) is 0 Å². The van der Waals surface area contributed by atoms with Crippen molar-refractivity contribution in [1.82, 2.24) is 25.6 Å². The minimum Gasteiger partial charge on any atom is -0.256 e. The molecule has 0 unspecified atom stereocenters. The SMILES string of the molecule is O=C1N=CC(CCc2ccc(-c3ccccc3-c3nn[nH]n3)nc2)=N1. The number of carbonyl (C=O) groups is 1. The van der Waals surface area contributed by atoms with E-state index in [-0.39, 0.29) is 0 Å². The smallest absolute Gasteiger partial charge is 0.256 e. The number of aliphatic imine (C=N–C) groups is 2. The zero-order chi connectivity index (χ0) is 17.1. The van der Waals surface area contributed by atoms with Crippen LogP contribution in [-0.4, -0.2) is 43.6 Å². The largest absolute Gasteiger partial charge is 0.367 e. The number of hydrogen-bond acceptors (Lipinski definition) is 5. The average Bonchev–Trinajstić information content (AvgIpc) is 3.32. The molecule has 0 radical (unpaired) electrons. The first-order valence-corrected chi connectivity index (χ1v) is 7.73. The van der Waals surface area contributed by atoms with Gasteiger partial charge < -0.3 is 0 Å². The predicted octanol–water partition coefficient (Wildman–Crippen LogP) is 2.51.